The van der Waals surface area contributed by atoms with Crippen molar-refractivity contribution in [2.45, 2.75) is 32.5 Å². The SMILES string of the molecule is COc1cccc(C=O)c1OCCC[NH+]1C[C@@H](C)O[C@@H](C)C1. The lowest BCUT2D eigenvalue weighted by atomic mass is 10.2. The Balaban J connectivity index is 1.83. The van der Waals surface area contributed by atoms with Gasteiger partial charge in [-0.25, -0.2) is 0 Å². The van der Waals surface area contributed by atoms with Gasteiger partial charge >= 0.3 is 0 Å². The number of carbonyl (C=O) groups is 1. The number of aldehydes is 1. The first-order valence-electron chi connectivity index (χ1n) is 7.88. The average molecular weight is 308 g/mol. The van der Waals surface area contributed by atoms with Crippen molar-refractivity contribution in [2.75, 3.05) is 33.4 Å². The van der Waals surface area contributed by atoms with Gasteiger partial charge in [0.15, 0.2) is 17.8 Å². The Labute approximate surface area is 132 Å². The fourth-order valence-corrected chi connectivity index (χ4v) is 3.03. The molecule has 1 aromatic rings. The molecule has 122 valence electrons. The highest BCUT2D eigenvalue weighted by Crippen LogP contribution is 2.29. The summed E-state index contributed by atoms with van der Waals surface area (Å²) < 4.78 is 16.8. The maximum absolute atomic E-state index is 11.1. The van der Waals surface area contributed by atoms with Crippen molar-refractivity contribution < 1.29 is 23.9 Å². The van der Waals surface area contributed by atoms with Crippen LogP contribution in [0, 0.1) is 0 Å². The van der Waals surface area contributed by atoms with Crippen LogP contribution < -0.4 is 14.4 Å². The molecular weight excluding hydrogens is 282 g/mol. The van der Waals surface area contributed by atoms with Crippen molar-refractivity contribution in [1.82, 2.24) is 0 Å². The van der Waals surface area contributed by atoms with Crippen LogP contribution in [0.15, 0.2) is 18.2 Å². The van der Waals surface area contributed by atoms with E-state index >= 15 is 0 Å². The number of quaternary nitrogens is 1. The highest BCUT2D eigenvalue weighted by Gasteiger charge is 2.25. The lowest BCUT2D eigenvalue weighted by molar-refractivity contribution is -0.915. The van der Waals surface area contributed by atoms with Gasteiger partial charge in [-0.3, -0.25) is 4.79 Å². The number of rotatable bonds is 7. The summed E-state index contributed by atoms with van der Waals surface area (Å²) in [6.45, 7) is 7.95. The minimum absolute atomic E-state index is 0.315. The number of ether oxygens (including phenoxy) is 3. The first kappa shape index (κ1) is 16.8. The van der Waals surface area contributed by atoms with E-state index in [-0.39, 0.29) is 0 Å². The van der Waals surface area contributed by atoms with E-state index in [4.69, 9.17) is 14.2 Å². The molecule has 3 atom stereocenters. The highest BCUT2D eigenvalue weighted by atomic mass is 16.5. The van der Waals surface area contributed by atoms with Gasteiger partial charge in [0.2, 0.25) is 0 Å². The molecule has 5 heteroatoms. The van der Waals surface area contributed by atoms with Gasteiger partial charge in [-0.15, -0.1) is 0 Å². The van der Waals surface area contributed by atoms with E-state index in [9.17, 15) is 4.79 Å². The standard InChI is InChI=1S/C17H25NO4/c1-13-10-18(11-14(2)22-13)8-5-9-21-17-15(12-19)6-4-7-16(17)20-3/h4,6-7,12-14H,5,8-11H2,1-3H3/p+1/t13-,14+. The predicted octanol–water partition coefficient (Wildman–Crippen LogP) is 0.969. The van der Waals surface area contributed by atoms with Crippen LogP contribution in [0.2, 0.25) is 0 Å². The summed E-state index contributed by atoms with van der Waals surface area (Å²) in [6.07, 6.45) is 2.37. The maximum Gasteiger partial charge on any atom is 0.171 e. The molecular formula is C17H26NO4+. The summed E-state index contributed by atoms with van der Waals surface area (Å²) in [7, 11) is 1.58. The zero-order valence-electron chi connectivity index (χ0n) is 13.6. The summed E-state index contributed by atoms with van der Waals surface area (Å²) in [4.78, 5) is 12.6. The van der Waals surface area contributed by atoms with Crippen LogP contribution in [-0.4, -0.2) is 51.8 Å². The van der Waals surface area contributed by atoms with Crippen LogP contribution in [0.25, 0.3) is 0 Å². The summed E-state index contributed by atoms with van der Waals surface area (Å²) in [5, 5.41) is 0. The topological polar surface area (TPSA) is 49.2 Å². The van der Waals surface area contributed by atoms with Gasteiger partial charge in [0, 0.05) is 6.42 Å². The van der Waals surface area contributed by atoms with Crippen LogP contribution in [0.5, 0.6) is 11.5 Å². The molecule has 1 aromatic carbocycles. The van der Waals surface area contributed by atoms with Crippen molar-refractivity contribution in [1.29, 1.82) is 0 Å². The number of hydrogen-bond acceptors (Lipinski definition) is 4. The molecule has 0 bridgehead atoms. The van der Waals surface area contributed by atoms with Crippen molar-refractivity contribution in [3.63, 3.8) is 0 Å². The van der Waals surface area contributed by atoms with Crippen molar-refractivity contribution >= 4 is 6.29 Å². The number of hydrogen-bond donors (Lipinski definition) is 1. The van der Waals surface area contributed by atoms with Crippen LogP contribution in [0.4, 0.5) is 0 Å². The molecule has 0 aromatic heterocycles. The van der Waals surface area contributed by atoms with E-state index in [0.29, 0.717) is 35.9 Å². The van der Waals surface area contributed by atoms with Gasteiger partial charge in [-0.2, -0.15) is 0 Å². The second kappa shape index (κ2) is 8.15. The first-order valence-corrected chi connectivity index (χ1v) is 7.88. The van der Waals surface area contributed by atoms with Gasteiger partial charge < -0.3 is 19.1 Å². The first-order chi connectivity index (χ1) is 10.6. The Morgan fingerprint density at radius 2 is 2.05 bits per heavy atom. The molecule has 1 N–H and O–H groups in total. The van der Waals surface area contributed by atoms with E-state index in [1.165, 1.54) is 0 Å². The van der Waals surface area contributed by atoms with Crippen molar-refractivity contribution in [3.8, 4) is 11.5 Å². The zero-order valence-corrected chi connectivity index (χ0v) is 13.6. The van der Waals surface area contributed by atoms with Crippen LogP contribution >= 0.6 is 0 Å². The average Bonchev–Trinajstić information content (AvgIpc) is 2.50. The fraction of sp³-hybridized carbons (Fsp3) is 0.588. The third-order valence-electron chi connectivity index (χ3n) is 3.89. The van der Waals surface area contributed by atoms with Gasteiger partial charge in [-0.1, -0.05) is 6.07 Å². The molecule has 1 unspecified atom stereocenters. The van der Waals surface area contributed by atoms with E-state index in [0.717, 1.165) is 32.3 Å². The van der Waals surface area contributed by atoms with Gasteiger partial charge in [0.25, 0.3) is 0 Å². The lowest BCUT2D eigenvalue weighted by Crippen LogP contribution is -3.15. The van der Waals surface area contributed by atoms with Gasteiger partial charge in [0.1, 0.15) is 25.3 Å². The summed E-state index contributed by atoms with van der Waals surface area (Å²) in [5.41, 5.74) is 0.528. The molecule has 22 heavy (non-hydrogen) atoms. The predicted molar refractivity (Wildman–Crippen MR) is 84.1 cm³/mol. The number of methoxy groups -OCH3 is 1. The molecule has 5 nitrogen and oxygen atoms in total. The Morgan fingerprint density at radius 3 is 2.68 bits per heavy atom. The van der Waals surface area contributed by atoms with Crippen LogP contribution in [-0.2, 0) is 4.74 Å². The molecule has 2 rings (SSSR count). The lowest BCUT2D eigenvalue weighted by Gasteiger charge is -2.32. The summed E-state index contributed by atoms with van der Waals surface area (Å²) in [5.74, 6) is 1.14. The molecule has 0 spiro atoms. The maximum atomic E-state index is 11.1. The molecule has 0 saturated carbocycles. The second-order valence-corrected chi connectivity index (χ2v) is 5.86. The van der Waals surface area contributed by atoms with Crippen molar-refractivity contribution in [3.05, 3.63) is 23.8 Å². The molecule has 1 fully saturated rings. The monoisotopic (exact) mass is 308 g/mol. The number of morpholine rings is 1. The molecule has 1 saturated heterocycles. The number of benzene rings is 1. The summed E-state index contributed by atoms with van der Waals surface area (Å²) >= 11 is 0. The molecule has 0 aliphatic carbocycles. The molecule has 0 radical (unpaired) electrons. The zero-order chi connectivity index (χ0) is 15.9. The summed E-state index contributed by atoms with van der Waals surface area (Å²) in [6, 6.07) is 5.33. The second-order valence-electron chi connectivity index (χ2n) is 5.86. The van der Waals surface area contributed by atoms with E-state index in [1.807, 2.05) is 0 Å². The Bertz CT molecular complexity index is 482. The third kappa shape index (κ3) is 4.45. The van der Waals surface area contributed by atoms with E-state index in [1.54, 1.807) is 30.2 Å². The Kier molecular flexibility index (Phi) is 6.21. The fourth-order valence-electron chi connectivity index (χ4n) is 3.03. The van der Waals surface area contributed by atoms with E-state index in [2.05, 4.69) is 13.8 Å². The van der Waals surface area contributed by atoms with Crippen molar-refractivity contribution in [2.24, 2.45) is 0 Å². The number of para-hydroxylation sites is 1. The largest absolute Gasteiger partial charge is 0.493 e. The number of nitrogens with one attached hydrogen (secondary N) is 1. The van der Waals surface area contributed by atoms with Gasteiger partial charge in [0.05, 0.1) is 25.8 Å². The number of carbonyl (C=O) groups excluding carboxylic acids is 1. The third-order valence-corrected chi connectivity index (χ3v) is 3.89. The normalized spacial score (nSPS) is 24.8. The minimum Gasteiger partial charge on any atom is -0.493 e. The molecule has 0 amide bonds. The van der Waals surface area contributed by atoms with Crippen LogP contribution in [0.3, 0.4) is 0 Å². The Hall–Kier alpha value is -1.59. The minimum atomic E-state index is 0.315. The van der Waals surface area contributed by atoms with Gasteiger partial charge in [-0.05, 0) is 26.0 Å². The highest BCUT2D eigenvalue weighted by molar-refractivity contribution is 5.81. The Morgan fingerprint density at radius 1 is 1.32 bits per heavy atom. The smallest absolute Gasteiger partial charge is 0.171 e. The molecule has 1 aliphatic rings. The van der Waals surface area contributed by atoms with Crippen LogP contribution in [0.1, 0.15) is 30.6 Å². The quantitative estimate of drug-likeness (QED) is 0.602. The van der Waals surface area contributed by atoms with E-state index < -0.39 is 0 Å². The molecule has 1 aliphatic heterocycles. The molecule has 1 heterocycles.